The van der Waals surface area contributed by atoms with Crippen LogP contribution >= 0.6 is 0 Å². The Bertz CT molecular complexity index is 986. The molecule has 0 fully saturated rings. The predicted molar refractivity (Wildman–Crippen MR) is 117 cm³/mol. The van der Waals surface area contributed by atoms with E-state index in [9.17, 15) is 0 Å². The Labute approximate surface area is 162 Å². The highest BCUT2D eigenvalue weighted by atomic mass is 14.8. The molecule has 136 valence electrons. The first-order chi connectivity index (χ1) is 13.0. The maximum atomic E-state index is 4.93. The molecular weight excluding hydrogens is 328 g/mol. The normalized spacial score (nSPS) is 12.0. The predicted octanol–water partition coefficient (Wildman–Crippen LogP) is 6.81. The van der Waals surface area contributed by atoms with Crippen molar-refractivity contribution in [3.05, 3.63) is 94.0 Å². The average molecular weight is 354 g/mol. The quantitative estimate of drug-likeness (QED) is 0.460. The van der Waals surface area contributed by atoms with Crippen LogP contribution in [0.25, 0.3) is 0 Å². The van der Waals surface area contributed by atoms with Gasteiger partial charge >= 0.3 is 0 Å². The van der Waals surface area contributed by atoms with Crippen LogP contribution in [0, 0.1) is 27.7 Å². The molecule has 2 heteroatoms. The first kappa shape index (κ1) is 18.8. The van der Waals surface area contributed by atoms with Crippen LogP contribution in [0.1, 0.15) is 40.3 Å². The van der Waals surface area contributed by atoms with E-state index in [0.717, 1.165) is 28.2 Å². The summed E-state index contributed by atoms with van der Waals surface area (Å²) in [6, 6.07) is 20.8. The average Bonchev–Trinajstić information content (AvgIpc) is 2.64. The van der Waals surface area contributed by atoms with Crippen LogP contribution < -0.4 is 0 Å². The van der Waals surface area contributed by atoms with Crippen molar-refractivity contribution in [3.63, 3.8) is 0 Å². The van der Waals surface area contributed by atoms with Crippen molar-refractivity contribution in [2.24, 2.45) is 9.98 Å². The molecule has 0 unspecified atom stereocenters. The Kier molecular flexibility index (Phi) is 5.66. The van der Waals surface area contributed by atoms with Crippen LogP contribution in [0.15, 0.2) is 70.6 Å². The number of benzene rings is 3. The lowest BCUT2D eigenvalue weighted by molar-refractivity contribution is 1.32. The summed E-state index contributed by atoms with van der Waals surface area (Å²) in [5.74, 6) is 0. The molecule has 0 aromatic heterocycles. The highest BCUT2D eigenvalue weighted by Gasteiger charge is 2.07. The van der Waals surface area contributed by atoms with E-state index in [0.29, 0.717) is 0 Å². The third-order valence-electron chi connectivity index (χ3n) is 4.84. The van der Waals surface area contributed by atoms with Crippen molar-refractivity contribution in [3.8, 4) is 0 Å². The standard InChI is InChI=1S/C25H26N2/c1-17-10-8-11-18(2)24(17)26-16-22-14-6-7-15-23(22)21(5)27-25-19(3)12-9-13-20(25)4/h6-16H,1-5H3. The van der Waals surface area contributed by atoms with E-state index in [2.05, 4.69) is 89.2 Å². The Hall–Kier alpha value is -3.00. The molecule has 0 amide bonds. The Morgan fingerprint density at radius 1 is 0.667 bits per heavy atom. The van der Waals surface area contributed by atoms with Crippen molar-refractivity contribution in [1.82, 2.24) is 0 Å². The lowest BCUT2D eigenvalue weighted by Crippen LogP contribution is -2.00. The summed E-state index contributed by atoms with van der Waals surface area (Å²) in [5.41, 5.74) is 10.0. The van der Waals surface area contributed by atoms with E-state index in [-0.39, 0.29) is 0 Å². The van der Waals surface area contributed by atoms with Gasteiger partial charge < -0.3 is 0 Å². The van der Waals surface area contributed by atoms with E-state index in [1.165, 1.54) is 22.3 Å². The number of rotatable bonds is 4. The van der Waals surface area contributed by atoms with E-state index >= 15 is 0 Å². The van der Waals surface area contributed by atoms with Gasteiger partial charge in [-0.3, -0.25) is 9.98 Å². The van der Waals surface area contributed by atoms with Crippen molar-refractivity contribution in [2.75, 3.05) is 0 Å². The fourth-order valence-corrected chi connectivity index (χ4v) is 3.29. The van der Waals surface area contributed by atoms with Crippen LogP contribution in [-0.4, -0.2) is 11.9 Å². The van der Waals surface area contributed by atoms with Gasteiger partial charge in [-0.1, -0.05) is 60.7 Å². The van der Waals surface area contributed by atoms with E-state index in [1.54, 1.807) is 0 Å². The highest BCUT2D eigenvalue weighted by molar-refractivity contribution is 6.07. The zero-order valence-corrected chi connectivity index (χ0v) is 16.7. The first-order valence-corrected chi connectivity index (χ1v) is 9.28. The molecule has 0 bridgehead atoms. The van der Waals surface area contributed by atoms with Gasteiger partial charge in [0, 0.05) is 23.1 Å². The second-order valence-electron chi connectivity index (χ2n) is 7.02. The molecule has 3 aromatic carbocycles. The summed E-state index contributed by atoms with van der Waals surface area (Å²) in [6.07, 6.45) is 1.95. The van der Waals surface area contributed by atoms with Crippen LogP contribution in [0.5, 0.6) is 0 Å². The fourth-order valence-electron chi connectivity index (χ4n) is 3.29. The van der Waals surface area contributed by atoms with Gasteiger partial charge in [0.25, 0.3) is 0 Å². The minimum Gasteiger partial charge on any atom is -0.256 e. The van der Waals surface area contributed by atoms with Gasteiger partial charge in [0.05, 0.1) is 11.4 Å². The molecule has 2 nitrogen and oxygen atoms in total. The molecule has 0 N–H and O–H groups in total. The molecular formula is C25H26N2. The molecule has 3 aromatic rings. The maximum Gasteiger partial charge on any atom is 0.0691 e. The molecule has 3 rings (SSSR count). The molecule has 0 aliphatic carbocycles. The number of hydrogen-bond acceptors (Lipinski definition) is 2. The lowest BCUT2D eigenvalue weighted by Gasteiger charge is -2.09. The largest absolute Gasteiger partial charge is 0.256 e. The monoisotopic (exact) mass is 354 g/mol. The van der Waals surface area contributed by atoms with Gasteiger partial charge in [-0.15, -0.1) is 0 Å². The van der Waals surface area contributed by atoms with Crippen molar-refractivity contribution in [1.29, 1.82) is 0 Å². The SMILES string of the molecule is CC(=Nc1c(C)cccc1C)c1ccccc1C=Nc1c(C)cccc1C. The Morgan fingerprint density at radius 3 is 1.78 bits per heavy atom. The molecule has 0 saturated carbocycles. The summed E-state index contributed by atoms with van der Waals surface area (Å²) in [4.78, 5) is 9.71. The molecule has 0 heterocycles. The van der Waals surface area contributed by atoms with Gasteiger partial charge in [-0.2, -0.15) is 0 Å². The van der Waals surface area contributed by atoms with Crippen LogP contribution in [0.2, 0.25) is 0 Å². The summed E-state index contributed by atoms with van der Waals surface area (Å²) in [7, 11) is 0. The van der Waals surface area contributed by atoms with E-state index < -0.39 is 0 Å². The molecule has 0 aliphatic rings. The lowest BCUT2D eigenvalue weighted by atomic mass is 10.0. The van der Waals surface area contributed by atoms with Gasteiger partial charge in [-0.05, 0) is 56.9 Å². The summed E-state index contributed by atoms with van der Waals surface area (Å²) >= 11 is 0. The van der Waals surface area contributed by atoms with Crippen molar-refractivity contribution in [2.45, 2.75) is 34.6 Å². The topological polar surface area (TPSA) is 24.7 Å². The van der Waals surface area contributed by atoms with Gasteiger partial charge in [0.1, 0.15) is 0 Å². The Balaban J connectivity index is 2.02. The molecule has 0 aliphatic heterocycles. The first-order valence-electron chi connectivity index (χ1n) is 9.28. The molecule has 27 heavy (non-hydrogen) atoms. The maximum absolute atomic E-state index is 4.93. The zero-order valence-electron chi connectivity index (χ0n) is 16.7. The number of hydrogen-bond donors (Lipinski definition) is 0. The zero-order chi connectivity index (χ0) is 19.4. The minimum atomic E-state index is 0.996. The van der Waals surface area contributed by atoms with Crippen molar-refractivity contribution >= 4 is 23.3 Å². The second kappa shape index (κ2) is 8.13. The minimum absolute atomic E-state index is 0.996. The van der Waals surface area contributed by atoms with E-state index in [1.807, 2.05) is 12.3 Å². The number of para-hydroxylation sites is 2. The number of nitrogens with zero attached hydrogens (tertiary/aromatic N) is 2. The van der Waals surface area contributed by atoms with E-state index in [4.69, 9.17) is 9.98 Å². The van der Waals surface area contributed by atoms with Crippen LogP contribution in [-0.2, 0) is 0 Å². The summed E-state index contributed by atoms with van der Waals surface area (Å²) < 4.78 is 0. The molecule has 0 radical (unpaired) electrons. The van der Waals surface area contributed by atoms with Crippen molar-refractivity contribution < 1.29 is 0 Å². The highest BCUT2D eigenvalue weighted by Crippen LogP contribution is 2.25. The summed E-state index contributed by atoms with van der Waals surface area (Å²) in [6.45, 7) is 10.5. The van der Waals surface area contributed by atoms with Gasteiger partial charge in [0.15, 0.2) is 0 Å². The number of aryl methyl sites for hydroxylation is 4. The molecule has 0 saturated heterocycles. The smallest absolute Gasteiger partial charge is 0.0691 e. The van der Waals surface area contributed by atoms with Crippen LogP contribution in [0.4, 0.5) is 11.4 Å². The number of aliphatic imine (C=N–C) groups is 2. The third kappa shape index (κ3) is 4.22. The summed E-state index contributed by atoms with van der Waals surface area (Å²) in [5, 5.41) is 0. The van der Waals surface area contributed by atoms with Gasteiger partial charge in [-0.25, -0.2) is 0 Å². The Morgan fingerprint density at radius 2 is 1.19 bits per heavy atom. The second-order valence-corrected chi connectivity index (χ2v) is 7.02. The third-order valence-corrected chi connectivity index (χ3v) is 4.84. The molecule has 0 atom stereocenters. The molecule has 0 spiro atoms. The van der Waals surface area contributed by atoms with Crippen LogP contribution in [0.3, 0.4) is 0 Å². The van der Waals surface area contributed by atoms with Gasteiger partial charge in [0.2, 0.25) is 0 Å². The fraction of sp³-hybridized carbons (Fsp3) is 0.200.